The Labute approximate surface area is 231 Å². The first-order valence-electron chi connectivity index (χ1n) is 13.3. The fourth-order valence-corrected chi connectivity index (χ4v) is 6.19. The zero-order valence-electron chi connectivity index (χ0n) is 22.3. The standard InChI is InChI=1S/C27H33N9O4/c1-26(2)8-10-40-19-15(6-3-7-16(19)26)23(39)32-18-13-36-25(29)33-17(12-31-22(38)14-5-4-9-30-11-14)20-27(36,21(18)37)35-24(28)34-20/h3-7,9,11,17-18,20-21,37H,8,10,12-13H2,1-2H3,(H2,29,33)(H,31,38)(H,32,39)(H3,28,34,35)/t17-,18+,20?,21+,27?/m0/s1. The first-order valence-corrected chi connectivity index (χ1v) is 13.3. The van der Waals surface area contributed by atoms with Gasteiger partial charge in [0.2, 0.25) is 0 Å². The minimum absolute atomic E-state index is 0.0974. The van der Waals surface area contributed by atoms with Gasteiger partial charge in [0, 0.05) is 31.0 Å². The molecule has 2 aromatic rings. The lowest BCUT2D eigenvalue weighted by molar-refractivity contribution is 0.0143. The summed E-state index contributed by atoms with van der Waals surface area (Å²) in [5.74, 6) is 0.133. The largest absolute Gasteiger partial charge is 0.492 e. The summed E-state index contributed by atoms with van der Waals surface area (Å²) in [6, 6.07) is 6.84. The minimum Gasteiger partial charge on any atom is -0.492 e. The summed E-state index contributed by atoms with van der Waals surface area (Å²) >= 11 is 0. The number of aliphatic hydroxyl groups is 1. The van der Waals surface area contributed by atoms with Gasteiger partial charge in [-0.15, -0.1) is 0 Å². The van der Waals surface area contributed by atoms with Gasteiger partial charge in [0.25, 0.3) is 11.8 Å². The number of amides is 2. The van der Waals surface area contributed by atoms with Gasteiger partial charge in [0.05, 0.1) is 29.8 Å². The quantitative estimate of drug-likeness (QED) is 0.273. The van der Waals surface area contributed by atoms with Crippen molar-refractivity contribution >= 4 is 23.7 Å². The number of aromatic nitrogens is 1. The molecular formula is C27H33N9O4. The predicted molar refractivity (Wildman–Crippen MR) is 147 cm³/mol. The highest BCUT2D eigenvalue weighted by Gasteiger charge is 2.65. The number of benzene rings is 1. The number of rotatable bonds is 5. The molecule has 0 radical (unpaired) electrons. The van der Waals surface area contributed by atoms with E-state index in [2.05, 4.69) is 44.8 Å². The number of guanidine groups is 2. The van der Waals surface area contributed by atoms with E-state index < -0.39 is 29.9 Å². The second-order valence-corrected chi connectivity index (χ2v) is 11.2. The van der Waals surface area contributed by atoms with Crippen LogP contribution in [0.2, 0.25) is 0 Å². The number of carbonyl (C=O) groups is 2. The molecule has 1 spiro atoms. The summed E-state index contributed by atoms with van der Waals surface area (Å²) in [6.07, 6.45) is 2.74. The predicted octanol–water partition coefficient (Wildman–Crippen LogP) is -0.974. The molecule has 40 heavy (non-hydrogen) atoms. The van der Waals surface area contributed by atoms with E-state index in [1.165, 1.54) is 6.20 Å². The van der Waals surface area contributed by atoms with E-state index in [1.807, 2.05) is 12.1 Å². The lowest BCUT2D eigenvalue weighted by Crippen LogP contribution is -2.73. The summed E-state index contributed by atoms with van der Waals surface area (Å²) in [4.78, 5) is 41.0. The average molecular weight is 548 g/mol. The average Bonchev–Trinajstić information content (AvgIpc) is 3.43. The zero-order valence-corrected chi connectivity index (χ0v) is 22.3. The first kappa shape index (κ1) is 25.9. The lowest BCUT2D eigenvalue weighted by Gasteiger charge is -2.46. The van der Waals surface area contributed by atoms with Crippen LogP contribution in [-0.2, 0) is 5.41 Å². The lowest BCUT2D eigenvalue weighted by atomic mass is 9.79. The molecule has 1 fully saturated rings. The molecule has 0 aliphatic carbocycles. The fourth-order valence-electron chi connectivity index (χ4n) is 6.19. The van der Waals surface area contributed by atoms with Crippen LogP contribution in [0, 0.1) is 0 Å². The molecule has 1 saturated heterocycles. The molecule has 13 nitrogen and oxygen atoms in total. The van der Waals surface area contributed by atoms with E-state index in [0.717, 1.165) is 12.0 Å². The number of pyridine rings is 1. The number of ether oxygens (including phenoxy) is 1. The highest BCUT2D eigenvalue weighted by atomic mass is 16.5. The molecule has 5 heterocycles. The third-order valence-electron chi connectivity index (χ3n) is 8.33. The van der Waals surface area contributed by atoms with Crippen LogP contribution in [-0.4, -0.2) is 88.3 Å². The van der Waals surface area contributed by atoms with Crippen molar-refractivity contribution in [2.45, 2.75) is 55.6 Å². The Kier molecular flexibility index (Phi) is 6.06. The van der Waals surface area contributed by atoms with Crippen LogP contribution in [0.1, 0.15) is 46.5 Å². The maximum Gasteiger partial charge on any atom is 0.255 e. The number of carbonyl (C=O) groups excluding carboxylic acids is 2. The van der Waals surface area contributed by atoms with Gasteiger partial charge in [0.15, 0.2) is 17.6 Å². The summed E-state index contributed by atoms with van der Waals surface area (Å²) in [6.45, 7) is 5.04. The number of aliphatic imine (C=N–C) groups is 2. The molecule has 2 amide bonds. The van der Waals surface area contributed by atoms with Crippen LogP contribution >= 0.6 is 0 Å². The van der Waals surface area contributed by atoms with Gasteiger partial charge in [-0.2, -0.15) is 0 Å². The topological polar surface area (TPSA) is 193 Å². The molecule has 4 aliphatic heterocycles. The Morgan fingerprint density at radius 3 is 2.80 bits per heavy atom. The smallest absolute Gasteiger partial charge is 0.255 e. The molecule has 1 aromatic heterocycles. The number of aliphatic hydroxyl groups excluding tert-OH is 1. The SMILES string of the molecule is CC1(C)CCOc2c(C(=O)N[C@@H]3CN4C(N)=N[C@@H](CNC(=O)c5cccnc5)C5N=C(N)NC54[C@@H]3O)cccc21. The number of nitrogens with two attached hydrogens (primary N) is 2. The van der Waals surface area contributed by atoms with E-state index in [4.69, 9.17) is 16.2 Å². The van der Waals surface area contributed by atoms with E-state index in [0.29, 0.717) is 23.5 Å². The van der Waals surface area contributed by atoms with Crippen molar-refractivity contribution in [3.63, 3.8) is 0 Å². The second-order valence-electron chi connectivity index (χ2n) is 11.2. The molecule has 0 bridgehead atoms. The van der Waals surface area contributed by atoms with Gasteiger partial charge in [-0.1, -0.05) is 26.0 Å². The van der Waals surface area contributed by atoms with Crippen molar-refractivity contribution in [2.75, 3.05) is 19.7 Å². The molecule has 2 unspecified atom stereocenters. The molecule has 210 valence electrons. The van der Waals surface area contributed by atoms with Crippen molar-refractivity contribution in [1.82, 2.24) is 25.8 Å². The van der Waals surface area contributed by atoms with Crippen molar-refractivity contribution < 1.29 is 19.4 Å². The molecule has 13 heteroatoms. The Bertz CT molecular complexity index is 1410. The molecule has 4 aliphatic rings. The van der Waals surface area contributed by atoms with Crippen molar-refractivity contribution in [2.24, 2.45) is 21.5 Å². The van der Waals surface area contributed by atoms with Crippen molar-refractivity contribution in [3.8, 4) is 5.75 Å². The number of hydrogen-bond donors (Lipinski definition) is 6. The summed E-state index contributed by atoms with van der Waals surface area (Å²) in [5, 5.41) is 20.6. The normalized spacial score (nSPS) is 29.5. The van der Waals surface area contributed by atoms with Crippen LogP contribution < -0.4 is 32.2 Å². The van der Waals surface area contributed by atoms with Crippen LogP contribution in [0.5, 0.6) is 5.75 Å². The van der Waals surface area contributed by atoms with Gasteiger partial charge in [0.1, 0.15) is 17.9 Å². The van der Waals surface area contributed by atoms with Gasteiger partial charge in [-0.25, -0.2) is 9.98 Å². The summed E-state index contributed by atoms with van der Waals surface area (Å²) in [5.41, 5.74) is 12.9. The van der Waals surface area contributed by atoms with Crippen molar-refractivity contribution in [3.05, 3.63) is 59.4 Å². The number of para-hydroxylation sites is 1. The first-order chi connectivity index (χ1) is 19.1. The Morgan fingerprint density at radius 1 is 1.20 bits per heavy atom. The fraction of sp³-hybridized carbons (Fsp3) is 0.444. The van der Waals surface area contributed by atoms with E-state index in [-0.39, 0.29) is 42.2 Å². The molecule has 0 saturated carbocycles. The van der Waals surface area contributed by atoms with E-state index in [9.17, 15) is 14.7 Å². The van der Waals surface area contributed by atoms with Crippen molar-refractivity contribution in [1.29, 1.82) is 0 Å². The zero-order chi connectivity index (χ0) is 28.2. The summed E-state index contributed by atoms with van der Waals surface area (Å²) < 4.78 is 5.93. The highest BCUT2D eigenvalue weighted by molar-refractivity contribution is 5.98. The maximum atomic E-state index is 13.5. The maximum absolute atomic E-state index is 13.5. The minimum atomic E-state index is -1.24. The Hall–Kier alpha value is -4.39. The number of nitrogens with one attached hydrogen (secondary N) is 3. The van der Waals surface area contributed by atoms with E-state index >= 15 is 0 Å². The Balaban J connectivity index is 1.23. The summed E-state index contributed by atoms with van der Waals surface area (Å²) in [7, 11) is 0. The third-order valence-corrected chi connectivity index (χ3v) is 8.33. The van der Waals surface area contributed by atoms with Gasteiger partial charge in [-0.05, 0) is 30.0 Å². The van der Waals surface area contributed by atoms with E-state index in [1.54, 1.807) is 29.3 Å². The number of fused-ring (bicyclic) bond motifs is 1. The van der Waals surface area contributed by atoms with Crippen LogP contribution in [0.25, 0.3) is 0 Å². The highest BCUT2D eigenvalue weighted by Crippen LogP contribution is 2.42. The number of nitrogens with zero attached hydrogens (tertiary/aromatic N) is 4. The molecule has 6 rings (SSSR count). The number of hydrogen-bond acceptors (Lipinski definition) is 11. The molecule has 8 N–H and O–H groups in total. The van der Waals surface area contributed by atoms with Crippen LogP contribution in [0.3, 0.4) is 0 Å². The Morgan fingerprint density at radius 2 is 2.02 bits per heavy atom. The molecule has 1 aromatic carbocycles. The van der Waals surface area contributed by atoms with Gasteiger partial charge in [-0.3, -0.25) is 14.6 Å². The van der Waals surface area contributed by atoms with Crippen LogP contribution in [0.15, 0.2) is 52.7 Å². The van der Waals surface area contributed by atoms with Gasteiger partial charge >= 0.3 is 0 Å². The second kappa shape index (κ2) is 9.37. The monoisotopic (exact) mass is 547 g/mol. The van der Waals surface area contributed by atoms with Crippen LogP contribution in [0.4, 0.5) is 0 Å². The van der Waals surface area contributed by atoms with Gasteiger partial charge < -0.3 is 42.2 Å². The third kappa shape index (κ3) is 3.99. The molecular weight excluding hydrogens is 514 g/mol. The molecule has 5 atom stereocenters.